The number of hydrogen-bond donors (Lipinski definition) is 1. The van der Waals surface area contributed by atoms with Gasteiger partial charge in [0, 0.05) is 18.6 Å². The second-order valence-corrected chi connectivity index (χ2v) is 6.35. The molecule has 0 amide bonds. The van der Waals surface area contributed by atoms with Crippen LogP contribution >= 0.6 is 0 Å². The summed E-state index contributed by atoms with van der Waals surface area (Å²) in [7, 11) is 4.56. The van der Waals surface area contributed by atoms with Crippen LogP contribution in [0.5, 0.6) is 0 Å². The molecule has 0 aliphatic carbocycles. The van der Waals surface area contributed by atoms with Gasteiger partial charge in [-0.25, -0.2) is 0 Å². The van der Waals surface area contributed by atoms with Crippen molar-refractivity contribution in [1.82, 2.24) is 15.1 Å². The van der Waals surface area contributed by atoms with Gasteiger partial charge in [0.25, 0.3) is 0 Å². The Morgan fingerprint density at radius 1 is 1.22 bits per heavy atom. The Labute approximate surface area is 114 Å². The lowest BCUT2D eigenvalue weighted by molar-refractivity contribution is 0.164. The maximum atomic E-state index is 3.78. The van der Waals surface area contributed by atoms with Crippen molar-refractivity contribution in [2.45, 2.75) is 52.1 Å². The molecule has 108 valence electrons. The van der Waals surface area contributed by atoms with Crippen LogP contribution in [0.3, 0.4) is 0 Å². The molecule has 3 nitrogen and oxygen atoms in total. The minimum atomic E-state index is 0.635. The average Bonchev–Trinajstić information content (AvgIpc) is 2.46. The molecule has 1 aliphatic heterocycles. The summed E-state index contributed by atoms with van der Waals surface area (Å²) in [5, 5.41) is 3.78. The Kier molecular flexibility index (Phi) is 7.20. The van der Waals surface area contributed by atoms with Crippen LogP contribution in [-0.4, -0.2) is 62.2 Å². The first-order chi connectivity index (χ1) is 8.54. The molecule has 2 atom stereocenters. The zero-order valence-corrected chi connectivity index (χ0v) is 13.1. The molecular weight excluding hydrogens is 222 g/mol. The quantitative estimate of drug-likeness (QED) is 0.783. The van der Waals surface area contributed by atoms with Crippen LogP contribution in [0.25, 0.3) is 0 Å². The highest BCUT2D eigenvalue weighted by Gasteiger charge is 2.28. The van der Waals surface area contributed by atoms with E-state index in [-0.39, 0.29) is 0 Å². The monoisotopic (exact) mass is 255 g/mol. The Hall–Kier alpha value is -0.120. The summed E-state index contributed by atoms with van der Waals surface area (Å²) in [4.78, 5) is 5.06. The van der Waals surface area contributed by atoms with Crippen LogP contribution in [0, 0.1) is 5.92 Å². The van der Waals surface area contributed by atoms with Gasteiger partial charge in [0.15, 0.2) is 0 Å². The number of nitrogens with zero attached hydrogens (tertiary/aromatic N) is 2. The largest absolute Gasteiger partial charge is 0.312 e. The first kappa shape index (κ1) is 15.9. The SMILES string of the molecule is CCCNC(CC(C)C)C1CN(C)CCCN1C. The first-order valence-electron chi connectivity index (χ1n) is 7.66. The summed E-state index contributed by atoms with van der Waals surface area (Å²) in [6.45, 7) is 11.7. The molecule has 0 spiro atoms. The second-order valence-electron chi connectivity index (χ2n) is 6.35. The summed E-state index contributed by atoms with van der Waals surface area (Å²) >= 11 is 0. The summed E-state index contributed by atoms with van der Waals surface area (Å²) in [5.41, 5.74) is 0. The molecule has 1 N–H and O–H groups in total. The predicted molar refractivity (Wildman–Crippen MR) is 80.1 cm³/mol. The summed E-state index contributed by atoms with van der Waals surface area (Å²) < 4.78 is 0. The molecule has 1 heterocycles. The van der Waals surface area contributed by atoms with E-state index in [1.807, 2.05) is 0 Å². The van der Waals surface area contributed by atoms with Crippen LogP contribution in [-0.2, 0) is 0 Å². The molecule has 0 aromatic rings. The standard InChI is InChI=1S/C15H33N3/c1-6-8-16-14(11-13(2)3)15-12-17(4)9-7-10-18(15)5/h13-16H,6-12H2,1-5H3. The minimum absolute atomic E-state index is 0.635. The Balaban J connectivity index is 2.66. The maximum absolute atomic E-state index is 3.78. The third kappa shape index (κ3) is 5.25. The molecule has 0 bridgehead atoms. The van der Waals surface area contributed by atoms with Gasteiger partial charge in [-0.15, -0.1) is 0 Å². The normalized spacial score (nSPS) is 25.3. The van der Waals surface area contributed by atoms with Crippen LogP contribution in [0.1, 0.15) is 40.0 Å². The summed E-state index contributed by atoms with van der Waals surface area (Å²) in [6, 6.07) is 1.29. The fraction of sp³-hybridized carbons (Fsp3) is 1.00. The fourth-order valence-electron chi connectivity index (χ4n) is 2.95. The van der Waals surface area contributed by atoms with Gasteiger partial charge >= 0.3 is 0 Å². The Bertz CT molecular complexity index is 218. The van der Waals surface area contributed by atoms with Crippen molar-refractivity contribution in [1.29, 1.82) is 0 Å². The lowest BCUT2D eigenvalue weighted by atomic mass is 9.96. The summed E-state index contributed by atoms with van der Waals surface area (Å²) in [6.07, 6.45) is 3.80. The molecule has 0 saturated carbocycles. The van der Waals surface area contributed by atoms with E-state index in [9.17, 15) is 0 Å². The van der Waals surface area contributed by atoms with Crippen molar-refractivity contribution in [3.05, 3.63) is 0 Å². The van der Waals surface area contributed by atoms with Crippen LogP contribution in [0.2, 0.25) is 0 Å². The number of rotatable bonds is 6. The van der Waals surface area contributed by atoms with Gasteiger partial charge in [0.1, 0.15) is 0 Å². The molecule has 1 fully saturated rings. The van der Waals surface area contributed by atoms with E-state index >= 15 is 0 Å². The highest BCUT2D eigenvalue weighted by molar-refractivity contribution is 4.88. The molecule has 1 aliphatic rings. The van der Waals surface area contributed by atoms with E-state index < -0.39 is 0 Å². The molecule has 3 heteroatoms. The van der Waals surface area contributed by atoms with Crippen molar-refractivity contribution in [3.8, 4) is 0 Å². The van der Waals surface area contributed by atoms with Gasteiger partial charge in [-0.05, 0) is 58.9 Å². The van der Waals surface area contributed by atoms with Gasteiger partial charge in [0.05, 0.1) is 0 Å². The molecule has 0 aromatic carbocycles. The molecular formula is C15H33N3. The van der Waals surface area contributed by atoms with Gasteiger partial charge < -0.3 is 15.1 Å². The molecule has 1 rings (SSSR count). The third-order valence-electron chi connectivity index (χ3n) is 3.96. The van der Waals surface area contributed by atoms with E-state index in [0.717, 1.165) is 12.5 Å². The molecule has 18 heavy (non-hydrogen) atoms. The Morgan fingerprint density at radius 3 is 2.56 bits per heavy atom. The van der Waals surface area contributed by atoms with Gasteiger partial charge in [0.2, 0.25) is 0 Å². The van der Waals surface area contributed by atoms with Crippen molar-refractivity contribution >= 4 is 0 Å². The average molecular weight is 255 g/mol. The molecule has 1 saturated heterocycles. The lowest BCUT2D eigenvalue weighted by Gasteiger charge is -2.36. The number of hydrogen-bond acceptors (Lipinski definition) is 3. The van der Waals surface area contributed by atoms with Gasteiger partial charge in [-0.3, -0.25) is 0 Å². The topological polar surface area (TPSA) is 18.5 Å². The van der Waals surface area contributed by atoms with Crippen LogP contribution in [0.4, 0.5) is 0 Å². The van der Waals surface area contributed by atoms with Crippen molar-refractivity contribution in [2.24, 2.45) is 5.92 Å². The number of nitrogens with one attached hydrogen (secondary N) is 1. The predicted octanol–water partition coefficient (Wildman–Crippen LogP) is 2.04. The highest BCUT2D eigenvalue weighted by Crippen LogP contribution is 2.16. The lowest BCUT2D eigenvalue weighted by Crippen LogP contribution is -2.52. The van der Waals surface area contributed by atoms with Crippen LogP contribution < -0.4 is 5.32 Å². The van der Waals surface area contributed by atoms with E-state index in [4.69, 9.17) is 0 Å². The minimum Gasteiger partial charge on any atom is -0.312 e. The Morgan fingerprint density at radius 2 is 1.94 bits per heavy atom. The summed E-state index contributed by atoms with van der Waals surface area (Å²) in [5.74, 6) is 0.765. The van der Waals surface area contributed by atoms with E-state index in [1.54, 1.807) is 0 Å². The van der Waals surface area contributed by atoms with E-state index in [0.29, 0.717) is 12.1 Å². The highest BCUT2D eigenvalue weighted by atomic mass is 15.2. The molecule has 0 radical (unpaired) electrons. The second kappa shape index (κ2) is 8.13. The number of likely N-dealkylation sites (N-methyl/N-ethyl adjacent to an activating group) is 2. The molecule has 2 unspecified atom stereocenters. The fourth-order valence-corrected chi connectivity index (χ4v) is 2.95. The third-order valence-corrected chi connectivity index (χ3v) is 3.96. The van der Waals surface area contributed by atoms with E-state index in [1.165, 1.54) is 38.9 Å². The van der Waals surface area contributed by atoms with E-state index in [2.05, 4.69) is 50.0 Å². The van der Waals surface area contributed by atoms with Gasteiger partial charge in [-0.2, -0.15) is 0 Å². The molecule has 0 aromatic heterocycles. The smallest absolute Gasteiger partial charge is 0.0373 e. The first-order valence-corrected chi connectivity index (χ1v) is 7.66. The maximum Gasteiger partial charge on any atom is 0.0373 e. The zero-order chi connectivity index (χ0) is 13.5. The van der Waals surface area contributed by atoms with Crippen molar-refractivity contribution in [3.63, 3.8) is 0 Å². The van der Waals surface area contributed by atoms with Crippen molar-refractivity contribution in [2.75, 3.05) is 40.3 Å². The van der Waals surface area contributed by atoms with Gasteiger partial charge in [-0.1, -0.05) is 20.8 Å². The van der Waals surface area contributed by atoms with Crippen molar-refractivity contribution < 1.29 is 0 Å². The zero-order valence-electron chi connectivity index (χ0n) is 13.1. The van der Waals surface area contributed by atoms with Crippen LogP contribution in [0.15, 0.2) is 0 Å².